The van der Waals surface area contributed by atoms with Crippen LogP contribution in [0.25, 0.3) is 0 Å². The predicted octanol–water partition coefficient (Wildman–Crippen LogP) is -0.717. The number of hydrogen-bond acceptors (Lipinski definition) is 12. The van der Waals surface area contributed by atoms with Gasteiger partial charge in [-0.2, -0.15) is 0 Å². The van der Waals surface area contributed by atoms with Gasteiger partial charge in [0, 0.05) is 19.3 Å². The molecule has 4 aromatic rings. The van der Waals surface area contributed by atoms with Crippen LogP contribution in [0.2, 0.25) is 0 Å². The first-order valence-electron chi connectivity index (χ1n) is 19.2. The Kier molecular flexibility index (Phi) is 17.1. The molecule has 18 heteroatoms. The number of aliphatic carboxylic acids is 1. The van der Waals surface area contributed by atoms with Gasteiger partial charge >= 0.3 is 5.97 Å². The van der Waals surface area contributed by atoms with Gasteiger partial charge in [-0.15, -0.1) is 0 Å². The Balaban J connectivity index is 1.52. The maximum Gasteiger partial charge on any atom is 0.326 e. The number of carboxylic acid groups (broad SMARTS) is 1. The molecule has 0 heterocycles. The molecular weight excluding hydrogens is 793 g/mol. The minimum Gasteiger partial charge on any atom is -0.508 e. The summed E-state index contributed by atoms with van der Waals surface area (Å²) in [5, 5.41) is 71.9. The molecule has 0 spiro atoms. The van der Waals surface area contributed by atoms with Crippen LogP contribution >= 0.6 is 0 Å². The number of aliphatic hydroxyl groups is 2. The lowest BCUT2D eigenvalue weighted by Crippen LogP contribution is -2.62. The number of nitrogens with one attached hydrogen (secondary N) is 5. The number of phenols is 3. The van der Waals surface area contributed by atoms with E-state index in [-0.39, 0.29) is 42.9 Å². The van der Waals surface area contributed by atoms with Gasteiger partial charge in [0.2, 0.25) is 29.5 Å². The summed E-state index contributed by atoms with van der Waals surface area (Å²) >= 11 is 0. The van der Waals surface area contributed by atoms with Crippen molar-refractivity contribution in [3.8, 4) is 17.2 Å². The van der Waals surface area contributed by atoms with Crippen LogP contribution in [-0.4, -0.2) is 115 Å². The second-order valence-corrected chi connectivity index (χ2v) is 14.4. The Labute approximate surface area is 350 Å². The number of rotatable bonds is 21. The molecule has 0 radical (unpaired) electrons. The number of phenolic OH excluding ortho intramolecular Hbond substituents is 3. The Morgan fingerprint density at radius 2 is 0.852 bits per heavy atom. The van der Waals surface area contributed by atoms with E-state index in [0.29, 0.717) is 16.7 Å². The summed E-state index contributed by atoms with van der Waals surface area (Å²) in [6, 6.07) is 16.9. The quantitative estimate of drug-likeness (QED) is 0.0494. The number of carbonyl (C=O) groups excluding carboxylic acids is 5. The third kappa shape index (κ3) is 14.6. The van der Waals surface area contributed by atoms with Gasteiger partial charge in [-0.05, 0) is 72.0 Å². The van der Waals surface area contributed by atoms with E-state index in [1.54, 1.807) is 30.3 Å². The van der Waals surface area contributed by atoms with E-state index < -0.39 is 84.5 Å². The zero-order valence-corrected chi connectivity index (χ0v) is 33.1. The molecule has 7 atom stereocenters. The number of aromatic hydroxyl groups is 3. The van der Waals surface area contributed by atoms with Gasteiger partial charge in [-0.25, -0.2) is 4.79 Å². The molecule has 324 valence electrons. The minimum atomic E-state index is -1.74. The third-order valence-corrected chi connectivity index (χ3v) is 9.52. The normalized spacial score (nSPS) is 14.4. The lowest BCUT2D eigenvalue weighted by atomic mass is 10.0. The van der Waals surface area contributed by atoms with E-state index in [0.717, 1.165) is 5.56 Å². The molecule has 0 aliphatic rings. The molecule has 0 fully saturated rings. The number of benzene rings is 4. The summed E-state index contributed by atoms with van der Waals surface area (Å²) in [6.45, 7) is 0.196. The average Bonchev–Trinajstić information content (AvgIpc) is 3.23. The van der Waals surface area contributed by atoms with Crippen LogP contribution in [0.1, 0.15) is 29.2 Å². The highest BCUT2D eigenvalue weighted by atomic mass is 16.4. The molecule has 0 saturated carbocycles. The van der Waals surface area contributed by atoms with Crippen molar-refractivity contribution in [1.29, 1.82) is 0 Å². The molecule has 13 N–H and O–H groups in total. The van der Waals surface area contributed by atoms with E-state index in [4.69, 9.17) is 5.73 Å². The van der Waals surface area contributed by atoms with Crippen molar-refractivity contribution in [2.75, 3.05) is 6.61 Å². The largest absolute Gasteiger partial charge is 0.508 e. The number of amides is 5. The molecule has 18 nitrogen and oxygen atoms in total. The van der Waals surface area contributed by atoms with Crippen LogP contribution in [0, 0.1) is 0 Å². The molecular formula is C43H50N6O12. The van der Waals surface area contributed by atoms with Crippen molar-refractivity contribution < 1.29 is 59.4 Å². The first kappa shape index (κ1) is 46.7. The van der Waals surface area contributed by atoms with Crippen molar-refractivity contribution >= 4 is 35.5 Å². The number of carboxylic acids is 1. The molecule has 0 bridgehead atoms. The zero-order chi connectivity index (χ0) is 44.6. The van der Waals surface area contributed by atoms with E-state index >= 15 is 0 Å². The third-order valence-electron chi connectivity index (χ3n) is 9.52. The highest BCUT2D eigenvalue weighted by Gasteiger charge is 2.34. The highest BCUT2D eigenvalue weighted by molar-refractivity contribution is 5.96. The van der Waals surface area contributed by atoms with Gasteiger partial charge in [-0.3, -0.25) is 24.0 Å². The maximum atomic E-state index is 13.9. The van der Waals surface area contributed by atoms with Crippen LogP contribution in [-0.2, 0) is 54.5 Å². The van der Waals surface area contributed by atoms with Crippen LogP contribution in [0.3, 0.4) is 0 Å². The standard InChI is InChI=1S/C43H50N6O12/c1-24(51)37(42(59)47-35(43(60)61)22-28-11-17-31(54)18-12-28)49-40(57)34(21-27-9-15-30(53)16-10-27)46-41(58)36(23-50)48-39(56)33(20-26-7-13-29(52)14-8-26)45-38(55)32(44)19-25-5-3-2-4-6-25/h2-18,24,32-37,50-54H,19-23,44H2,1H3,(H,45,55)(H,46,58)(H,47,59)(H,48,56)(H,49,57)(H,60,61)/t24-,32+,33+,34+,35+,36+,37+/m1/s1. The molecule has 0 aliphatic heterocycles. The molecule has 0 aliphatic carbocycles. The lowest BCUT2D eigenvalue weighted by Gasteiger charge is -2.27. The van der Waals surface area contributed by atoms with Crippen LogP contribution in [0.4, 0.5) is 0 Å². The van der Waals surface area contributed by atoms with Crippen molar-refractivity contribution in [2.24, 2.45) is 5.73 Å². The average molecular weight is 843 g/mol. The van der Waals surface area contributed by atoms with Crippen molar-refractivity contribution in [2.45, 2.75) is 75.0 Å². The Hall–Kier alpha value is -7.02. The Morgan fingerprint density at radius 1 is 0.492 bits per heavy atom. The number of hydrogen-bond donors (Lipinski definition) is 12. The number of carbonyl (C=O) groups is 6. The first-order valence-corrected chi connectivity index (χ1v) is 19.2. The molecule has 4 rings (SSSR count). The molecule has 61 heavy (non-hydrogen) atoms. The van der Waals surface area contributed by atoms with Gasteiger partial charge in [0.25, 0.3) is 0 Å². The zero-order valence-electron chi connectivity index (χ0n) is 33.1. The summed E-state index contributed by atoms with van der Waals surface area (Å²) in [5.74, 6) is -6.39. The van der Waals surface area contributed by atoms with E-state index in [9.17, 15) is 59.4 Å². The van der Waals surface area contributed by atoms with Gasteiger partial charge in [-0.1, -0.05) is 66.7 Å². The highest BCUT2D eigenvalue weighted by Crippen LogP contribution is 2.15. The summed E-state index contributed by atoms with van der Waals surface area (Å²) in [6.07, 6.45) is -2.04. The van der Waals surface area contributed by atoms with Gasteiger partial charge < -0.3 is 63.0 Å². The van der Waals surface area contributed by atoms with Crippen LogP contribution < -0.4 is 32.3 Å². The fourth-order valence-corrected chi connectivity index (χ4v) is 6.12. The first-order chi connectivity index (χ1) is 29.0. The van der Waals surface area contributed by atoms with E-state index in [1.807, 2.05) is 0 Å². The van der Waals surface area contributed by atoms with Gasteiger partial charge in [0.1, 0.15) is 47.5 Å². The summed E-state index contributed by atoms with van der Waals surface area (Å²) in [5.41, 5.74) is 8.31. The number of aliphatic hydroxyl groups excluding tert-OH is 2. The topological polar surface area (TPSA) is 310 Å². The minimum absolute atomic E-state index is 0.0444. The fraction of sp³-hybridized carbons (Fsp3) is 0.302. The van der Waals surface area contributed by atoms with E-state index in [1.165, 1.54) is 79.7 Å². The molecule has 0 unspecified atom stereocenters. The fourth-order valence-electron chi connectivity index (χ4n) is 6.12. The second-order valence-electron chi connectivity index (χ2n) is 14.4. The Bertz CT molecular complexity index is 2100. The van der Waals surface area contributed by atoms with Crippen molar-refractivity contribution in [3.63, 3.8) is 0 Å². The second kappa shape index (κ2) is 22.4. The summed E-state index contributed by atoms with van der Waals surface area (Å²) in [7, 11) is 0. The molecule has 4 aromatic carbocycles. The van der Waals surface area contributed by atoms with Crippen molar-refractivity contribution in [3.05, 3.63) is 125 Å². The SMILES string of the molecule is C[C@@H](O)[C@H](NC(=O)[C@H](Cc1ccc(O)cc1)NC(=O)[C@H](CO)NC(=O)[C@H](Cc1ccc(O)cc1)NC(=O)[C@@H](N)Cc1ccccc1)C(=O)N[C@@H](Cc1ccc(O)cc1)C(=O)O. The predicted molar refractivity (Wildman–Crippen MR) is 220 cm³/mol. The van der Waals surface area contributed by atoms with Gasteiger partial charge in [0.05, 0.1) is 18.8 Å². The maximum absolute atomic E-state index is 13.9. The smallest absolute Gasteiger partial charge is 0.326 e. The summed E-state index contributed by atoms with van der Waals surface area (Å²) in [4.78, 5) is 80.1. The summed E-state index contributed by atoms with van der Waals surface area (Å²) < 4.78 is 0. The van der Waals surface area contributed by atoms with E-state index in [2.05, 4.69) is 26.6 Å². The lowest BCUT2D eigenvalue weighted by molar-refractivity contribution is -0.143. The Morgan fingerprint density at radius 3 is 1.28 bits per heavy atom. The van der Waals surface area contributed by atoms with Crippen LogP contribution in [0.15, 0.2) is 103 Å². The molecule has 0 saturated heterocycles. The molecule has 0 aromatic heterocycles. The number of nitrogens with two attached hydrogens (primary N) is 1. The van der Waals surface area contributed by atoms with Crippen molar-refractivity contribution in [1.82, 2.24) is 26.6 Å². The van der Waals surface area contributed by atoms with Gasteiger partial charge in [0.15, 0.2) is 0 Å². The van der Waals surface area contributed by atoms with Crippen LogP contribution in [0.5, 0.6) is 17.2 Å². The monoisotopic (exact) mass is 842 g/mol. The molecule has 5 amide bonds.